The van der Waals surface area contributed by atoms with Gasteiger partial charge in [-0.05, 0) is 45.4 Å². The van der Waals surface area contributed by atoms with Gasteiger partial charge in [0.25, 0.3) is 0 Å². The molecule has 0 bridgehead atoms. The minimum atomic E-state index is -0.599. The van der Waals surface area contributed by atoms with Crippen LogP contribution in [0, 0.1) is 0 Å². The van der Waals surface area contributed by atoms with Crippen LogP contribution in [0.1, 0.15) is 56.6 Å². The van der Waals surface area contributed by atoms with E-state index in [0.29, 0.717) is 18.5 Å². The Morgan fingerprint density at radius 1 is 0.903 bits per heavy atom. The van der Waals surface area contributed by atoms with E-state index in [2.05, 4.69) is 72.8 Å². The van der Waals surface area contributed by atoms with Crippen molar-refractivity contribution < 1.29 is 9.53 Å². The summed E-state index contributed by atoms with van der Waals surface area (Å²) in [6, 6.07) is 16.2. The van der Waals surface area contributed by atoms with E-state index in [9.17, 15) is 4.79 Å². The summed E-state index contributed by atoms with van der Waals surface area (Å²) in [6.45, 7) is 13.0. The van der Waals surface area contributed by atoms with Crippen molar-refractivity contribution >= 4 is 5.78 Å². The predicted octanol–water partition coefficient (Wildman–Crippen LogP) is 4.19. The second kappa shape index (κ2) is 8.45. The van der Waals surface area contributed by atoms with Gasteiger partial charge in [-0.3, -0.25) is 19.6 Å². The topological polar surface area (TPSA) is 45.7 Å². The third kappa shape index (κ3) is 4.89. The maximum Gasteiger partial charge on any atom is 0.201 e. The first-order valence-corrected chi connectivity index (χ1v) is 11.4. The molecule has 0 atom stereocenters. The largest absolute Gasteiger partial charge is 0.370 e. The van der Waals surface area contributed by atoms with Crippen LogP contribution >= 0.6 is 0 Å². The molecule has 2 aromatic rings. The van der Waals surface area contributed by atoms with Crippen LogP contribution in [0.3, 0.4) is 0 Å². The summed E-state index contributed by atoms with van der Waals surface area (Å²) in [5.74, 6) is 0.133. The highest BCUT2D eigenvalue weighted by atomic mass is 16.5. The molecule has 3 heterocycles. The van der Waals surface area contributed by atoms with E-state index >= 15 is 0 Å². The Kier molecular flexibility index (Phi) is 6.03. The SMILES string of the molecule is CC1(C)CC(C(=O)c2ccccn2)(N2CCN(Cc3ccccc3)CC2)CC(C)(C)O1. The highest BCUT2D eigenvalue weighted by Crippen LogP contribution is 2.45. The summed E-state index contributed by atoms with van der Waals surface area (Å²) in [4.78, 5) is 23.3. The van der Waals surface area contributed by atoms with Gasteiger partial charge in [0.1, 0.15) is 5.69 Å². The van der Waals surface area contributed by atoms with Crippen molar-refractivity contribution in [3.8, 4) is 0 Å². The minimum Gasteiger partial charge on any atom is -0.370 e. The van der Waals surface area contributed by atoms with Crippen LogP contribution in [0.2, 0.25) is 0 Å². The van der Waals surface area contributed by atoms with Crippen molar-refractivity contribution in [2.75, 3.05) is 26.2 Å². The van der Waals surface area contributed by atoms with Crippen LogP contribution < -0.4 is 0 Å². The van der Waals surface area contributed by atoms with Gasteiger partial charge in [0.05, 0.1) is 16.7 Å². The van der Waals surface area contributed by atoms with E-state index in [4.69, 9.17) is 4.74 Å². The Bertz CT molecular complexity index is 871. The summed E-state index contributed by atoms with van der Waals surface area (Å²) < 4.78 is 6.38. The van der Waals surface area contributed by atoms with E-state index < -0.39 is 5.54 Å². The van der Waals surface area contributed by atoms with Gasteiger partial charge in [0.2, 0.25) is 5.78 Å². The quantitative estimate of drug-likeness (QED) is 0.678. The molecule has 2 aliphatic rings. The molecule has 5 heteroatoms. The molecule has 0 aliphatic carbocycles. The van der Waals surface area contributed by atoms with Gasteiger partial charge < -0.3 is 4.74 Å². The first-order valence-electron chi connectivity index (χ1n) is 11.4. The predicted molar refractivity (Wildman–Crippen MR) is 123 cm³/mol. The van der Waals surface area contributed by atoms with Gasteiger partial charge in [0, 0.05) is 51.8 Å². The van der Waals surface area contributed by atoms with Crippen molar-refractivity contribution in [3.05, 3.63) is 66.0 Å². The van der Waals surface area contributed by atoms with Crippen molar-refractivity contribution in [3.63, 3.8) is 0 Å². The second-order valence-electron chi connectivity index (χ2n) is 10.3. The van der Waals surface area contributed by atoms with Crippen molar-refractivity contribution in [1.82, 2.24) is 14.8 Å². The Morgan fingerprint density at radius 2 is 1.52 bits per heavy atom. The highest BCUT2D eigenvalue weighted by Gasteiger charge is 2.56. The zero-order valence-corrected chi connectivity index (χ0v) is 19.3. The average Bonchev–Trinajstić information content (AvgIpc) is 2.73. The lowest BCUT2D eigenvalue weighted by Crippen LogP contribution is -2.68. The van der Waals surface area contributed by atoms with Crippen molar-refractivity contribution in [2.45, 2.75) is 63.8 Å². The number of hydrogen-bond acceptors (Lipinski definition) is 5. The summed E-state index contributed by atoms with van der Waals surface area (Å²) in [6.07, 6.45) is 3.07. The Hall–Kier alpha value is -2.08. The smallest absolute Gasteiger partial charge is 0.201 e. The molecule has 31 heavy (non-hydrogen) atoms. The van der Waals surface area contributed by atoms with Crippen molar-refractivity contribution in [1.29, 1.82) is 0 Å². The number of hydrogen-bond donors (Lipinski definition) is 0. The number of piperazine rings is 1. The van der Waals surface area contributed by atoms with Crippen LogP contribution in [-0.4, -0.2) is 63.5 Å². The van der Waals surface area contributed by atoms with E-state index in [-0.39, 0.29) is 17.0 Å². The summed E-state index contributed by atoms with van der Waals surface area (Å²) in [5.41, 5.74) is 0.533. The molecular weight excluding hydrogens is 386 g/mol. The molecule has 4 rings (SSSR count). The Balaban J connectivity index is 1.59. The molecule has 2 saturated heterocycles. The second-order valence-corrected chi connectivity index (χ2v) is 10.3. The molecule has 0 saturated carbocycles. The van der Waals surface area contributed by atoms with Gasteiger partial charge in [-0.1, -0.05) is 36.4 Å². The maximum absolute atomic E-state index is 14.0. The fourth-order valence-corrected chi connectivity index (χ4v) is 5.73. The lowest BCUT2D eigenvalue weighted by molar-refractivity contribution is -0.195. The van der Waals surface area contributed by atoms with Crippen molar-refractivity contribution in [2.24, 2.45) is 0 Å². The zero-order chi connectivity index (χ0) is 22.1. The molecule has 2 fully saturated rings. The number of nitrogens with zero attached hydrogens (tertiary/aromatic N) is 3. The van der Waals surface area contributed by atoms with E-state index in [0.717, 1.165) is 32.7 Å². The zero-order valence-electron chi connectivity index (χ0n) is 19.3. The lowest BCUT2D eigenvalue weighted by Gasteiger charge is -2.56. The summed E-state index contributed by atoms with van der Waals surface area (Å²) >= 11 is 0. The number of benzene rings is 1. The van der Waals surface area contributed by atoms with Crippen LogP contribution in [0.5, 0.6) is 0 Å². The molecule has 0 radical (unpaired) electrons. The first kappa shape index (κ1) is 22.1. The lowest BCUT2D eigenvalue weighted by atomic mass is 9.70. The highest BCUT2D eigenvalue weighted by molar-refractivity contribution is 6.02. The first-order chi connectivity index (χ1) is 14.7. The molecule has 5 nitrogen and oxygen atoms in total. The normalized spacial score (nSPS) is 23.4. The monoisotopic (exact) mass is 421 g/mol. The number of ketones is 1. The van der Waals surface area contributed by atoms with Gasteiger partial charge in [-0.2, -0.15) is 0 Å². The number of ether oxygens (including phenoxy) is 1. The summed E-state index contributed by atoms with van der Waals surface area (Å²) in [7, 11) is 0. The Morgan fingerprint density at radius 3 is 2.10 bits per heavy atom. The Labute approximate surface area is 186 Å². The number of Topliss-reactive ketones (excluding diaryl/α,β-unsaturated/α-hetero) is 1. The maximum atomic E-state index is 14.0. The standard InChI is InChI=1S/C26H35N3O2/c1-24(2)19-26(20-25(3,4)31-24,23(30)22-12-8-9-13-27-22)29-16-14-28(15-17-29)18-21-10-6-5-7-11-21/h5-13H,14-20H2,1-4H3. The number of carbonyl (C=O) groups is 1. The fourth-order valence-electron chi connectivity index (χ4n) is 5.73. The van der Waals surface area contributed by atoms with E-state index in [1.807, 2.05) is 18.2 Å². The number of pyridine rings is 1. The van der Waals surface area contributed by atoms with Crippen LogP contribution in [0.4, 0.5) is 0 Å². The van der Waals surface area contributed by atoms with Gasteiger partial charge in [-0.15, -0.1) is 0 Å². The summed E-state index contributed by atoms with van der Waals surface area (Å²) in [5, 5.41) is 0. The van der Waals surface area contributed by atoms with E-state index in [1.54, 1.807) is 6.20 Å². The minimum absolute atomic E-state index is 0.133. The van der Waals surface area contributed by atoms with Gasteiger partial charge >= 0.3 is 0 Å². The van der Waals surface area contributed by atoms with E-state index in [1.165, 1.54) is 5.56 Å². The third-order valence-corrected chi connectivity index (χ3v) is 6.54. The molecule has 0 unspecified atom stereocenters. The fraction of sp³-hybridized carbons (Fsp3) is 0.538. The molecular formula is C26H35N3O2. The third-order valence-electron chi connectivity index (χ3n) is 6.54. The van der Waals surface area contributed by atoms with Crippen LogP contribution in [0.15, 0.2) is 54.7 Å². The van der Waals surface area contributed by atoms with Gasteiger partial charge in [0.15, 0.2) is 0 Å². The molecule has 0 amide bonds. The molecule has 1 aromatic heterocycles. The number of rotatable bonds is 5. The molecule has 1 aromatic carbocycles. The molecule has 0 spiro atoms. The molecule has 0 N–H and O–H groups in total. The number of aromatic nitrogens is 1. The molecule has 2 aliphatic heterocycles. The van der Waals surface area contributed by atoms with Gasteiger partial charge in [-0.25, -0.2) is 0 Å². The van der Waals surface area contributed by atoms with Crippen LogP contribution in [-0.2, 0) is 11.3 Å². The average molecular weight is 422 g/mol. The molecule has 166 valence electrons. The number of carbonyl (C=O) groups excluding carboxylic acids is 1. The van der Waals surface area contributed by atoms with Crippen LogP contribution in [0.25, 0.3) is 0 Å².